The monoisotopic (exact) mass is 276 g/mol. The summed E-state index contributed by atoms with van der Waals surface area (Å²) in [6.07, 6.45) is 3.34. The molecule has 1 fully saturated rings. The standard InChI is InChI=1S/C16H20O4/c1-12(17)11-16(19,13-7-3-2-4-8-13)15(18)20-14-9-5-6-10-14/h2-4,7-8,14,19H,5-6,9-11H2,1H3. The number of Topliss-reactive ketones (excluding diaryl/α,β-unsaturated/α-hetero) is 1. The molecule has 2 rings (SSSR count). The van der Waals surface area contributed by atoms with E-state index in [1.165, 1.54) is 6.92 Å². The van der Waals surface area contributed by atoms with Crippen LogP contribution in [-0.2, 0) is 19.9 Å². The summed E-state index contributed by atoms with van der Waals surface area (Å²) in [7, 11) is 0. The van der Waals surface area contributed by atoms with E-state index in [0.717, 1.165) is 25.7 Å². The van der Waals surface area contributed by atoms with Gasteiger partial charge in [-0.3, -0.25) is 4.79 Å². The Balaban J connectivity index is 2.21. The molecule has 1 atom stereocenters. The van der Waals surface area contributed by atoms with Gasteiger partial charge in [-0.25, -0.2) is 4.79 Å². The van der Waals surface area contributed by atoms with Gasteiger partial charge >= 0.3 is 5.97 Å². The van der Waals surface area contributed by atoms with Crippen molar-refractivity contribution in [3.63, 3.8) is 0 Å². The van der Waals surface area contributed by atoms with E-state index in [0.29, 0.717) is 5.56 Å². The Labute approximate surface area is 118 Å². The molecule has 0 heterocycles. The Morgan fingerprint density at radius 1 is 1.25 bits per heavy atom. The third kappa shape index (κ3) is 3.25. The lowest BCUT2D eigenvalue weighted by molar-refractivity contribution is -0.174. The molecule has 0 saturated heterocycles. The smallest absolute Gasteiger partial charge is 0.343 e. The maximum absolute atomic E-state index is 12.3. The fraction of sp³-hybridized carbons (Fsp3) is 0.500. The van der Waals surface area contributed by atoms with Gasteiger partial charge in [0.1, 0.15) is 11.9 Å². The van der Waals surface area contributed by atoms with Crippen LogP contribution in [0.4, 0.5) is 0 Å². The first-order chi connectivity index (χ1) is 9.52. The number of hydrogen-bond acceptors (Lipinski definition) is 4. The largest absolute Gasteiger partial charge is 0.460 e. The Hall–Kier alpha value is -1.68. The lowest BCUT2D eigenvalue weighted by atomic mass is 9.89. The first-order valence-corrected chi connectivity index (χ1v) is 7.01. The molecule has 0 spiro atoms. The second-order valence-electron chi connectivity index (χ2n) is 5.42. The average Bonchev–Trinajstić information content (AvgIpc) is 2.91. The summed E-state index contributed by atoms with van der Waals surface area (Å²) in [6, 6.07) is 8.52. The van der Waals surface area contributed by atoms with Gasteiger partial charge in [0.25, 0.3) is 0 Å². The normalized spacial score (nSPS) is 18.5. The highest BCUT2D eigenvalue weighted by molar-refractivity contribution is 5.88. The van der Waals surface area contributed by atoms with Crippen molar-refractivity contribution in [3.05, 3.63) is 35.9 Å². The number of carbonyl (C=O) groups excluding carboxylic acids is 2. The van der Waals surface area contributed by atoms with E-state index in [-0.39, 0.29) is 18.3 Å². The van der Waals surface area contributed by atoms with Crippen LogP contribution in [0.5, 0.6) is 0 Å². The van der Waals surface area contributed by atoms with Crippen molar-refractivity contribution in [1.82, 2.24) is 0 Å². The summed E-state index contributed by atoms with van der Waals surface area (Å²) in [6.45, 7) is 1.36. The van der Waals surface area contributed by atoms with Crippen LogP contribution in [0.3, 0.4) is 0 Å². The topological polar surface area (TPSA) is 63.6 Å². The van der Waals surface area contributed by atoms with Crippen LogP contribution in [0.2, 0.25) is 0 Å². The van der Waals surface area contributed by atoms with Gasteiger partial charge in [-0.1, -0.05) is 30.3 Å². The molecular weight excluding hydrogens is 256 g/mol. The van der Waals surface area contributed by atoms with Crippen LogP contribution in [0.25, 0.3) is 0 Å². The fourth-order valence-electron chi connectivity index (χ4n) is 2.62. The van der Waals surface area contributed by atoms with Crippen LogP contribution in [-0.4, -0.2) is 23.0 Å². The Morgan fingerprint density at radius 2 is 1.85 bits per heavy atom. The molecule has 1 aromatic rings. The molecule has 1 N–H and O–H groups in total. The molecule has 4 heteroatoms. The van der Waals surface area contributed by atoms with Gasteiger partial charge in [0, 0.05) is 6.42 Å². The lowest BCUT2D eigenvalue weighted by Crippen LogP contribution is -2.40. The molecule has 0 radical (unpaired) electrons. The molecule has 4 nitrogen and oxygen atoms in total. The van der Waals surface area contributed by atoms with Gasteiger partial charge in [0.15, 0.2) is 5.60 Å². The second kappa shape index (κ2) is 6.18. The molecule has 20 heavy (non-hydrogen) atoms. The molecular formula is C16H20O4. The van der Waals surface area contributed by atoms with Gasteiger partial charge < -0.3 is 9.84 Å². The number of hydrogen-bond donors (Lipinski definition) is 1. The summed E-state index contributed by atoms with van der Waals surface area (Å²) in [5, 5.41) is 10.7. The van der Waals surface area contributed by atoms with Gasteiger partial charge in [-0.05, 0) is 38.2 Å². The minimum atomic E-state index is -1.88. The summed E-state index contributed by atoms with van der Waals surface area (Å²) in [4.78, 5) is 23.7. The number of carbonyl (C=O) groups is 2. The highest BCUT2D eigenvalue weighted by Gasteiger charge is 2.42. The van der Waals surface area contributed by atoms with E-state index in [1.807, 2.05) is 0 Å². The van der Waals surface area contributed by atoms with E-state index in [2.05, 4.69) is 0 Å². The third-order valence-corrected chi connectivity index (χ3v) is 3.67. The summed E-state index contributed by atoms with van der Waals surface area (Å²) in [5.74, 6) is -0.967. The van der Waals surface area contributed by atoms with Crippen molar-refractivity contribution in [2.75, 3.05) is 0 Å². The van der Waals surface area contributed by atoms with Crippen molar-refractivity contribution in [1.29, 1.82) is 0 Å². The highest BCUT2D eigenvalue weighted by Crippen LogP contribution is 2.30. The third-order valence-electron chi connectivity index (χ3n) is 3.67. The minimum absolute atomic E-state index is 0.135. The molecule has 0 amide bonds. The minimum Gasteiger partial charge on any atom is -0.460 e. The van der Waals surface area contributed by atoms with E-state index >= 15 is 0 Å². The number of rotatable bonds is 5. The molecule has 1 saturated carbocycles. The average molecular weight is 276 g/mol. The van der Waals surface area contributed by atoms with Gasteiger partial charge in [-0.2, -0.15) is 0 Å². The predicted molar refractivity (Wildman–Crippen MR) is 74.0 cm³/mol. The predicted octanol–water partition coefficient (Wildman–Crippen LogP) is 2.34. The van der Waals surface area contributed by atoms with Crippen molar-refractivity contribution in [2.45, 2.75) is 50.7 Å². The maximum Gasteiger partial charge on any atom is 0.343 e. The SMILES string of the molecule is CC(=O)CC(O)(C(=O)OC1CCCC1)c1ccccc1. The Morgan fingerprint density at radius 3 is 2.40 bits per heavy atom. The van der Waals surface area contributed by atoms with Crippen LogP contribution in [0.1, 0.15) is 44.6 Å². The first-order valence-electron chi connectivity index (χ1n) is 7.01. The van der Waals surface area contributed by atoms with Crippen LogP contribution >= 0.6 is 0 Å². The van der Waals surface area contributed by atoms with Gasteiger partial charge in [0.2, 0.25) is 0 Å². The summed E-state index contributed by atoms with van der Waals surface area (Å²) < 4.78 is 5.39. The molecule has 0 bridgehead atoms. The zero-order valence-corrected chi connectivity index (χ0v) is 11.7. The molecule has 1 aliphatic carbocycles. The molecule has 0 aliphatic heterocycles. The van der Waals surface area contributed by atoms with Crippen molar-refractivity contribution < 1.29 is 19.4 Å². The number of ketones is 1. The molecule has 1 unspecified atom stereocenters. The van der Waals surface area contributed by atoms with Crippen molar-refractivity contribution in [2.24, 2.45) is 0 Å². The Bertz CT molecular complexity index is 477. The molecule has 0 aromatic heterocycles. The zero-order valence-electron chi connectivity index (χ0n) is 11.7. The zero-order chi connectivity index (χ0) is 14.6. The molecule has 1 aromatic carbocycles. The van der Waals surface area contributed by atoms with E-state index in [1.54, 1.807) is 30.3 Å². The van der Waals surface area contributed by atoms with Gasteiger partial charge in [-0.15, -0.1) is 0 Å². The number of esters is 1. The number of benzene rings is 1. The summed E-state index contributed by atoms with van der Waals surface area (Å²) >= 11 is 0. The molecule has 1 aliphatic rings. The van der Waals surface area contributed by atoms with Gasteiger partial charge in [0.05, 0.1) is 0 Å². The fourth-order valence-corrected chi connectivity index (χ4v) is 2.62. The van der Waals surface area contributed by atoms with E-state index in [9.17, 15) is 14.7 Å². The lowest BCUT2D eigenvalue weighted by Gasteiger charge is -2.27. The summed E-state index contributed by atoms with van der Waals surface area (Å²) in [5.41, 5.74) is -1.48. The quantitative estimate of drug-likeness (QED) is 0.838. The van der Waals surface area contributed by atoms with Crippen molar-refractivity contribution in [3.8, 4) is 0 Å². The van der Waals surface area contributed by atoms with Crippen LogP contribution in [0, 0.1) is 0 Å². The molecule has 108 valence electrons. The Kier molecular flexibility index (Phi) is 4.55. The second-order valence-corrected chi connectivity index (χ2v) is 5.42. The van der Waals surface area contributed by atoms with Crippen LogP contribution < -0.4 is 0 Å². The van der Waals surface area contributed by atoms with E-state index in [4.69, 9.17) is 4.74 Å². The number of ether oxygens (including phenoxy) is 1. The van der Waals surface area contributed by atoms with Crippen molar-refractivity contribution >= 4 is 11.8 Å². The first kappa shape index (κ1) is 14.7. The van der Waals surface area contributed by atoms with E-state index < -0.39 is 11.6 Å². The number of aliphatic hydroxyl groups is 1. The highest BCUT2D eigenvalue weighted by atomic mass is 16.6. The van der Waals surface area contributed by atoms with Crippen LogP contribution in [0.15, 0.2) is 30.3 Å². The maximum atomic E-state index is 12.3.